The SMILES string of the molecule is COCC[C@H](NC(=O)OC)C(=O)N1CCC[C@H]1c1ncc(-c2ccc(-c3ccc(-c4cnc([C@@H]5CCCN5C(=O)[C@H]5CCC[C@@H]5NC(=O)OC)[nH]4)cc3)cc2)[nH]1. The summed E-state index contributed by atoms with van der Waals surface area (Å²) < 4.78 is 14.7. The number of imidazole rings is 2. The van der Waals surface area contributed by atoms with Crippen molar-refractivity contribution in [1.82, 2.24) is 40.4 Å². The standard InChI is InChI=1S/C41H50N8O7/c1-54-22-19-31(47-41(53)56-3)39(51)49-21-6-10-35(49)37-43-24-33(45-37)28-17-13-26(14-18-28)25-11-15-27(16-12-25)32-23-42-36(44-32)34-9-5-20-48(34)38(50)29-7-4-8-30(29)46-40(52)55-2/h11-18,23-24,29-31,34-35H,4-10,19-22H2,1-3H3,(H,42,44)(H,43,45)(H,46,52)(H,47,53)/t29-,30-,31-,34-,35-/m0/s1. The Hall–Kier alpha value is -5.70. The number of hydrogen-bond acceptors (Lipinski definition) is 9. The molecule has 56 heavy (non-hydrogen) atoms. The molecule has 2 aromatic carbocycles. The van der Waals surface area contributed by atoms with Crippen LogP contribution in [0.3, 0.4) is 0 Å². The van der Waals surface area contributed by atoms with E-state index in [9.17, 15) is 19.2 Å². The summed E-state index contributed by atoms with van der Waals surface area (Å²) in [5.41, 5.74) is 5.82. The van der Waals surface area contributed by atoms with E-state index >= 15 is 0 Å². The van der Waals surface area contributed by atoms with Crippen molar-refractivity contribution >= 4 is 24.0 Å². The van der Waals surface area contributed by atoms with Gasteiger partial charge >= 0.3 is 12.2 Å². The number of hydrogen-bond donors (Lipinski definition) is 4. The highest BCUT2D eigenvalue weighted by Gasteiger charge is 2.41. The maximum atomic E-state index is 13.7. The van der Waals surface area contributed by atoms with E-state index in [0.717, 1.165) is 84.4 Å². The van der Waals surface area contributed by atoms with Crippen molar-refractivity contribution in [3.8, 4) is 33.6 Å². The number of alkyl carbamates (subject to hydrolysis) is 2. The first-order chi connectivity index (χ1) is 27.3. The topological polar surface area (TPSA) is 184 Å². The van der Waals surface area contributed by atoms with Crippen LogP contribution in [0.2, 0.25) is 0 Å². The normalized spacial score (nSPS) is 21.2. The van der Waals surface area contributed by atoms with Gasteiger partial charge in [-0.05, 0) is 60.8 Å². The molecule has 2 aliphatic heterocycles. The first-order valence-electron chi connectivity index (χ1n) is 19.4. The fourth-order valence-electron chi connectivity index (χ4n) is 8.37. The minimum absolute atomic E-state index is 0.0681. The number of likely N-dealkylation sites (tertiary alicyclic amines) is 2. The summed E-state index contributed by atoms with van der Waals surface area (Å²) in [6, 6.07) is 15.2. The van der Waals surface area contributed by atoms with E-state index in [2.05, 4.69) is 62.0 Å². The summed E-state index contributed by atoms with van der Waals surface area (Å²) in [5, 5.41) is 5.51. The molecule has 4 aromatic rings. The predicted molar refractivity (Wildman–Crippen MR) is 207 cm³/mol. The molecule has 4 heterocycles. The third-order valence-electron chi connectivity index (χ3n) is 11.3. The summed E-state index contributed by atoms with van der Waals surface area (Å²) in [4.78, 5) is 71.1. The Balaban J connectivity index is 0.984. The summed E-state index contributed by atoms with van der Waals surface area (Å²) in [6.07, 6.45) is 8.53. The van der Waals surface area contributed by atoms with Gasteiger partial charge in [-0.25, -0.2) is 19.6 Å². The van der Waals surface area contributed by atoms with E-state index in [1.165, 1.54) is 14.2 Å². The highest BCUT2D eigenvalue weighted by molar-refractivity contribution is 5.86. The minimum Gasteiger partial charge on any atom is -0.453 e. The number of nitrogens with one attached hydrogen (secondary N) is 4. The smallest absolute Gasteiger partial charge is 0.407 e. The number of ether oxygens (including phenoxy) is 3. The summed E-state index contributed by atoms with van der Waals surface area (Å²) in [7, 11) is 4.17. The maximum absolute atomic E-state index is 13.7. The molecule has 0 radical (unpaired) electrons. The first-order valence-corrected chi connectivity index (χ1v) is 19.4. The van der Waals surface area contributed by atoms with E-state index in [-0.39, 0.29) is 35.9 Å². The Kier molecular flexibility index (Phi) is 12.0. The molecule has 3 fully saturated rings. The van der Waals surface area contributed by atoms with Gasteiger partial charge in [-0.2, -0.15) is 0 Å². The highest BCUT2D eigenvalue weighted by Crippen LogP contribution is 2.37. The molecule has 3 aliphatic rings. The van der Waals surface area contributed by atoms with Crippen molar-refractivity contribution in [3.05, 3.63) is 72.6 Å². The Bertz CT molecular complexity index is 1990. The lowest BCUT2D eigenvalue weighted by Gasteiger charge is -2.29. The van der Waals surface area contributed by atoms with E-state index < -0.39 is 18.2 Å². The van der Waals surface area contributed by atoms with Crippen LogP contribution < -0.4 is 10.6 Å². The molecule has 4 N–H and O–H groups in total. The Morgan fingerprint density at radius 3 is 1.80 bits per heavy atom. The number of H-pyrrole nitrogens is 2. The lowest BCUT2D eigenvalue weighted by Crippen LogP contribution is -2.49. The zero-order valence-corrected chi connectivity index (χ0v) is 32.1. The molecule has 1 saturated carbocycles. The monoisotopic (exact) mass is 766 g/mol. The number of benzene rings is 2. The molecule has 2 aromatic heterocycles. The molecule has 7 rings (SSSR count). The van der Waals surface area contributed by atoms with Crippen LogP contribution in [0, 0.1) is 5.92 Å². The van der Waals surface area contributed by atoms with E-state index in [1.807, 2.05) is 23.2 Å². The predicted octanol–water partition coefficient (Wildman–Crippen LogP) is 5.75. The molecule has 0 unspecified atom stereocenters. The fourth-order valence-corrected chi connectivity index (χ4v) is 8.37. The Labute approximate surface area is 325 Å². The van der Waals surface area contributed by atoms with Crippen LogP contribution in [0.4, 0.5) is 9.59 Å². The number of carbonyl (C=O) groups is 4. The minimum atomic E-state index is -0.758. The summed E-state index contributed by atoms with van der Waals surface area (Å²) in [6.45, 7) is 1.56. The van der Waals surface area contributed by atoms with Crippen LogP contribution in [0.5, 0.6) is 0 Å². The maximum Gasteiger partial charge on any atom is 0.407 e. The van der Waals surface area contributed by atoms with Gasteiger partial charge in [0.25, 0.3) is 0 Å². The van der Waals surface area contributed by atoms with Crippen molar-refractivity contribution in [2.75, 3.05) is 41.0 Å². The van der Waals surface area contributed by atoms with Crippen molar-refractivity contribution in [3.63, 3.8) is 0 Å². The van der Waals surface area contributed by atoms with E-state index in [0.29, 0.717) is 31.9 Å². The lowest BCUT2D eigenvalue weighted by atomic mass is 10.0. The molecular formula is C41H50N8O7. The molecule has 296 valence electrons. The number of aromatic nitrogens is 4. The van der Waals surface area contributed by atoms with Gasteiger partial charge in [-0.1, -0.05) is 55.0 Å². The number of rotatable bonds is 12. The molecule has 15 heteroatoms. The van der Waals surface area contributed by atoms with Crippen LogP contribution in [0.25, 0.3) is 33.6 Å². The van der Waals surface area contributed by atoms with Gasteiger partial charge < -0.3 is 44.6 Å². The zero-order valence-electron chi connectivity index (χ0n) is 32.1. The molecule has 1 aliphatic carbocycles. The second kappa shape index (κ2) is 17.4. The average Bonchev–Trinajstić information content (AvgIpc) is 4.08. The number of methoxy groups -OCH3 is 3. The number of carbonyl (C=O) groups excluding carboxylic acids is 4. The Morgan fingerprint density at radius 1 is 0.714 bits per heavy atom. The number of amides is 4. The third-order valence-corrected chi connectivity index (χ3v) is 11.3. The van der Waals surface area contributed by atoms with Crippen molar-refractivity contribution in [2.24, 2.45) is 5.92 Å². The summed E-state index contributed by atoms with van der Waals surface area (Å²) in [5.74, 6) is 1.11. The van der Waals surface area contributed by atoms with Crippen molar-refractivity contribution in [2.45, 2.75) is 75.5 Å². The summed E-state index contributed by atoms with van der Waals surface area (Å²) >= 11 is 0. The van der Waals surface area contributed by atoms with Crippen molar-refractivity contribution < 1.29 is 33.4 Å². The van der Waals surface area contributed by atoms with Gasteiger partial charge in [0.2, 0.25) is 11.8 Å². The molecule has 0 spiro atoms. The largest absolute Gasteiger partial charge is 0.453 e. The van der Waals surface area contributed by atoms with Crippen LogP contribution in [0.15, 0.2) is 60.9 Å². The van der Waals surface area contributed by atoms with Gasteiger partial charge in [0.15, 0.2) is 0 Å². The molecule has 15 nitrogen and oxygen atoms in total. The van der Waals surface area contributed by atoms with Gasteiger partial charge in [0.05, 0.1) is 56.0 Å². The number of aromatic amines is 2. The van der Waals surface area contributed by atoms with Crippen LogP contribution in [-0.2, 0) is 23.8 Å². The molecule has 2 saturated heterocycles. The van der Waals surface area contributed by atoms with Crippen LogP contribution in [-0.4, -0.2) is 107 Å². The molecule has 5 atom stereocenters. The van der Waals surface area contributed by atoms with Crippen molar-refractivity contribution in [1.29, 1.82) is 0 Å². The van der Waals surface area contributed by atoms with Gasteiger partial charge in [0.1, 0.15) is 17.7 Å². The molecule has 4 amide bonds. The lowest BCUT2D eigenvalue weighted by molar-refractivity contribution is -0.137. The van der Waals surface area contributed by atoms with Crippen LogP contribution in [0.1, 0.15) is 75.1 Å². The molecule has 0 bridgehead atoms. The quantitative estimate of drug-likeness (QED) is 0.140. The second-order valence-electron chi connectivity index (χ2n) is 14.6. The van der Waals surface area contributed by atoms with Crippen LogP contribution >= 0.6 is 0 Å². The van der Waals surface area contributed by atoms with E-state index in [4.69, 9.17) is 19.2 Å². The van der Waals surface area contributed by atoms with Gasteiger partial charge in [0, 0.05) is 39.3 Å². The third kappa shape index (κ3) is 8.27. The average molecular weight is 767 g/mol. The highest BCUT2D eigenvalue weighted by atomic mass is 16.5. The first kappa shape index (κ1) is 38.6. The Morgan fingerprint density at radius 2 is 1.25 bits per heavy atom. The van der Waals surface area contributed by atoms with Gasteiger partial charge in [-0.15, -0.1) is 0 Å². The zero-order chi connectivity index (χ0) is 39.2. The number of nitrogens with zero attached hydrogens (tertiary/aromatic N) is 4. The van der Waals surface area contributed by atoms with E-state index in [1.54, 1.807) is 18.2 Å². The second-order valence-corrected chi connectivity index (χ2v) is 14.6. The molecular weight excluding hydrogens is 716 g/mol. The van der Waals surface area contributed by atoms with Gasteiger partial charge in [-0.3, -0.25) is 9.59 Å². The fraction of sp³-hybridized carbons (Fsp3) is 0.463.